The molecule has 0 aliphatic heterocycles. The van der Waals surface area contributed by atoms with Gasteiger partial charge in [0.05, 0.1) is 13.2 Å². The zero-order valence-electron chi connectivity index (χ0n) is 13.1. The number of nitrogens with zero attached hydrogens (tertiary/aromatic N) is 2. The van der Waals surface area contributed by atoms with E-state index in [1.807, 2.05) is 6.92 Å². The number of anilines is 1. The quantitative estimate of drug-likeness (QED) is 0.706. The number of aromatic nitrogens is 1. The molecule has 0 amide bonds. The van der Waals surface area contributed by atoms with Crippen LogP contribution >= 0.6 is 0 Å². The van der Waals surface area contributed by atoms with Gasteiger partial charge in [-0.3, -0.25) is 0 Å². The largest absolute Gasteiger partial charge is 0.383 e. The lowest BCUT2D eigenvalue weighted by Crippen LogP contribution is -2.31. The summed E-state index contributed by atoms with van der Waals surface area (Å²) in [5.41, 5.74) is 2.30. The van der Waals surface area contributed by atoms with E-state index in [2.05, 4.69) is 34.3 Å². The molecule has 0 fully saturated rings. The van der Waals surface area contributed by atoms with Crippen LogP contribution in [0.5, 0.6) is 0 Å². The first kappa shape index (κ1) is 16.9. The molecule has 0 saturated carbocycles. The van der Waals surface area contributed by atoms with Gasteiger partial charge in [-0.2, -0.15) is 0 Å². The average molecular weight is 281 g/mol. The molecule has 20 heavy (non-hydrogen) atoms. The molecule has 1 aromatic rings. The number of hydrogen-bond acceptors (Lipinski definition) is 5. The normalized spacial score (nSPS) is 10.8. The fourth-order valence-corrected chi connectivity index (χ4v) is 2.00. The highest BCUT2D eigenvalue weighted by atomic mass is 16.5. The number of ether oxygens (including phenoxy) is 2. The van der Waals surface area contributed by atoms with Gasteiger partial charge < -0.3 is 19.7 Å². The summed E-state index contributed by atoms with van der Waals surface area (Å²) in [5, 5.41) is 3.35. The molecular weight excluding hydrogens is 254 g/mol. The number of methoxy groups -OCH3 is 2. The van der Waals surface area contributed by atoms with Crippen LogP contribution in [0, 0.1) is 6.92 Å². The predicted molar refractivity (Wildman–Crippen MR) is 82.3 cm³/mol. The fraction of sp³-hybridized carbons (Fsp3) is 0.667. The van der Waals surface area contributed by atoms with E-state index in [0.717, 1.165) is 37.7 Å². The molecule has 1 rings (SSSR count). The monoisotopic (exact) mass is 281 g/mol. The summed E-state index contributed by atoms with van der Waals surface area (Å²) in [4.78, 5) is 6.84. The van der Waals surface area contributed by atoms with Gasteiger partial charge in [0.1, 0.15) is 5.82 Å². The van der Waals surface area contributed by atoms with Crippen molar-refractivity contribution in [2.75, 3.05) is 52.0 Å². The Kier molecular flexibility index (Phi) is 8.18. The van der Waals surface area contributed by atoms with Crippen molar-refractivity contribution in [3.63, 3.8) is 0 Å². The number of nitrogens with one attached hydrogen (secondary N) is 1. The predicted octanol–water partition coefficient (Wildman–Crippen LogP) is 1.60. The molecule has 0 spiro atoms. The summed E-state index contributed by atoms with van der Waals surface area (Å²) >= 11 is 0. The zero-order valence-corrected chi connectivity index (χ0v) is 13.1. The van der Waals surface area contributed by atoms with E-state index in [1.54, 1.807) is 14.2 Å². The van der Waals surface area contributed by atoms with Crippen molar-refractivity contribution in [3.05, 3.63) is 23.4 Å². The van der Waals surface area contributed by atoms with E-state index in [9.17, 15) is 0 Å². The maximum atomic E-state index is 5.18. The Hall–Kier alpha value is -1.17. The second-order valence-electron chi connectivity index (χ2n) is 4.73. The molecule has 1 N–H and O–H groups in total. The van der Waals surface area contributed by atoms with Crippen LogP contribution < -0.4 is 10.2 Å². The van der Waals surface area contributed by atoms with E-state index in [4.69, 9.17) is 9.47 Å². The van der Waals surface area contributed by atoms with E-state index in [0.29, 0.717) is 13.2 Å². The lowest BCUT2D eigenvalue weighted by molar-refractivity contribution is 0.190. The maximum absolute atomic E-state index is 5.18. The van der Waals surface area contributed by atoms with Gasteiger partial charge in [-0.25, -0.2) is 4.98 Å². The van der Waals surface area contributed by atoms with Crippen molar-refractivity contribution in [3.8, 4) is 0 Å². The lowest BCUT2D eigenvalue weighted by atomic mass is 10.2. The third kappa shape index (κ3) is 5.86. The van der Waals surface area contributed by atoms with Gasteiger partial charge in [-0.05, 0) is 31.2 Å². The molecule has 0 aliphatic carbocycles. The van der Waals surface area contributed by atoms with Crippen LogP contribution in [0.2, 0.25) is 0 Å². The Morgan fingerprint density at radius 2 is 1.80 bits per heavy atom. The van der Waals surface area contributed by atoms with Crippen LogP contribution in [0.3, 0.4) is 0 Å². The van der Waals surface area contributed by atoms with Crippen molar-refractivity contribution in [1.29, 1.82) is 0 Å². The van der Waals surface area contributed by atoms with Crippen LogP contribution in [0.15, 0.2) is 12.1 Å². The minimum atomic E-state index is 0.682. The number of rotatable bonds is 10. The van der Waals surface area contributed by atoms with Crippen LogP contribution in [0.25, 0.3) is 0 Å². The molecule has 0 aliphatic rings. The van der Waals surface area contributed by atoms with E-state index in [1.165, 1.54) is 5.56 Å². The van der Waals surface area contributed by atoms with Crippen molar-refractivity contribution in [2.24, 2.45) is 0 Å². The third-order valence-corrected chi connectivity index (χ3v) is 3.03. The minimum Gasteiger partial charge on any atom is -0.383 e. The average Bonchev–Trinajstić information content (AvgIpc) is 2.44. The minimum absolute atomic E-state index is 0.682. The molecule has 0 unspecified atom stereocenters. The van der Waals surface area contributed by atoms with Gasteiger partial charge >= 0.3 is 0 Å². The molecule has 5 heteroatoms. The van der Waals surface area contributed by atoms with Gasteiger partial charge in [0.25, 0.3) is 0 Å². The Balaban J connectivity index is 2.83. The molecule has 5 nitrogen and oxygen atoms in total. The second-order valence-corrected chi connectivity index (χ2v) is 4.73. The molecule has 114 valence electrons. The summed E-state index contributed by atoms with van der Waals surface area (Å²) in [6.07, 6.45) is 0. The topological polar surface area (TPSA) is 46.6 Å². The van der Waals surface area contributed by atoms with Crippen molar-refractivity contribution in [2.45, 2.75) is 20.4 Å². The first-order valence-corrected chi connectivity index (χ1v) is 7.12. The SMILES string of the molecule is CCNCc1cc(C)nc(N(CCOC)CCOC)c1. The number of hydrogen-bond donors (Lipinski definition) is 1. The maximum Gasteiger partial charge on any atom is 0.129 e. The number of aryl methyl sites for hydroxylation is 1. The molecule has 0 aromatic carbocycles. The molecular formula is C15H27N3O2. The van der Waals surface area contributed by atoms with Crippen LogP contribution in [0.1, 0.15) is 18.2 Å². The summed E-state index contributed by atoms with van der Waals surface area (Å²) in [7, 11) is 3.43. The van der Waals surface area contributed by atoms with Crippen LogP contribution in [-0.2, 0) is 16.0 Å². The van der Waals surface area contributed by atoms with E-state index >= 15 is 0 Å². The van der Waals surface area contributed by atoms with Crippen LogP contribution in [0.4, 0.5) is 5.82 Å². The van der Waals surface area contributed by atoms with Gasteiger partial charge in [0.15, 0.2) is 0 Å². The molecule has 0 radical (unpaired) electrons. The molecule has 0 atom stereocenters. The zero-order chi connectivity index (χ0) is 14.8. The Morgan fingerprint density at radius 1 is 1.15 bits per heavy atom. The summed E-state index contributed by atoms with van der Waals surface area (Å²) in [5.74, 6) is 0.993. The van der Waals surface area contributed by atoms with Gasteiger partial charge in [-0.1, -0.05) is 6.92 Å². The first-order chi connectivity index (χ1) is 9.71. The highest BCUT2D eigenvalue weighted by Gasteiger charge is 2.09. The van der Waals surface area contributed by atoms with Crippen molar-refractivity contribution < 1.29 is 9.47 Å². The van der Waals surface area contributed by atoms with Crippen LogP contribution in [-0.4, -0.2) is 52.1 Å². The van der Waals surface area contributed by atoms with Gasteiger partial charge in [0, 0.05) is 39.5 Å². The highest BCUT2D eigenvalue weighted by molar-refractivity contribution is 5.42. The molecule has 0 bridgehead atoms. The third-order valence-electron chi connectivity index (χ3n) is 3.03. The highest BCUT2D eigenvalue weighted by Crippen LogP contribution is 2.15. The first-order valence-electron chi connectivity index (χ1n) is 7.12. The Morgan fingerprint density at radius 3 is 2.35 bits per heavy atom. The number of pyridine rings is 1. The molecule has 1 aromatic heterocycles. The van der Waals surface area contributed by atoms with E-state index in [-0.39, 0.29) is 0 Å². The second kappa shape index (κ2) is 9.69. The van der Waals surface area contributed by atoms with Crippen molar-refractivity contribution in [1.82, 2.24) is 10.3 Å². The summed E-state index contributed by atoms with van der Waals surface area (Å²) < 4.78 is 10.4. The van der Waals surface area contributed by atoms with Gasteiger partial charge in [-0.15, -0.1) is 0 Å². The molecule has 1 heterocycles. The Labute approximate surface area is 122 Å². The van der Waals surface area contributed by atoms with E-state index < -0.39 is 0 Å². The standard InChI is InChI=1S/C15H27N3O2/c1-5-16-12-14-10-13(2)17-15(11-14)18(6-8-19-3)7-9-20-4/h10-11,16H,5-9,12H2,1-4H3. The lowest BCUT2D eigenvalue weighted by Gasteiger charge is -2.24. The molecule has 0 saturated heterocycles. The van der Waals surface area contributed by atoms with Crippen molar-refractivity contribution >= 4 is 5.82 Å². The summed E-state index contributed by atoms with van der Waals surface area (Å²) in [6.45, 7) is 8.98. The summed E-state index contributed by atoms with van der Waals surface area (Å²) in [6, 6.07) is 4.26. The smallest absolute Gasteiger partial charge is 0.129 e. The fourth-order valence-electron chi connectivity index (χ4n) is 2.00. The Bertz CT molecular complexity index is 377. The van der Waals surface area contributed by atoms with Gasteiger partial charge in [0.2, 0.25) is 0 Å².